The maximum Gasteiger partial charge on any atom is 0.338 e. The van der Waals surface area contributed by atoms with Gasteiger partial charge in [0.25, 0.3) is 0 Å². The number of aromatic amines is 1. The van der Waals surface area contributed by atoms with Crippen molar-refractivity contribution in [2.45, 2.75) is 13.0 Å². The van der Waals surface area contributed by atoms with Crippen molar-refractivity contribution in [2.75, 3.05) is 0 Å². The molecule has 0 fully saturated rings. The Bertz CT molecular complexity index is 1110. The summed E-state index contributed by atoms with van der Waals surface area (Å²) in [5, 5.41) is 0. The van der Waals surface area contributed by atoms with Gasteiger partial charge in [-0.05, 0) is 65.3 Å². The molecule has 4 rings (SSSR count). The van der Waals surface area contributed by atoms with Crippen LogP contribution >= 0.6 is 15.9 Å². The number of rotatable bonds is 5. The van der Waals surface area contributed by atoms with Gasteiger partial charge in [-0.1, -0.05) is 0 Å². The van der Waals surface area contributed by atoms with Crippen molar-refractivity contribution in [2.24, 2.45) is 0 Å². The molecule has 0 aliphatic rings. The van der Waals surface area contributed by atoms with Gasteiger partial charge in [0, 0.05) is 16.9 Å². The van der Waals surface area contributed by atoms with Crippen molar-refractivity contribution >= 4 is 33.1 Å². The molecule has 0 amide bonds. The number of pyridine rings is 2. The molecule has 4 aromatic rings. The highest BCUT2D eigenvalue weighted by molar-refractivity contribution is 9.10. The zero-order chi connectivity index (χ0) is 19.5. The fourth-order valence-electron chi connectivity index (χ4n) is 2.57. The number of fused-ring (bicyclic) bond motifs is 1. The third-order valence-corrected chi connectivity index (χ3v) is 4.39. The van der Waals surface area contributed by atoms with Gasteiger partial charge in [-0.15, -0.1) is 0 Å². The van der Waals surface area contributed by atoms with Crippen LogP contribution in [-0.4, -0.2) is 25.9 Å². The Balaban J connectivity index is 1.43. The topological polar surface area (TPSA) is 90.0 Å². The number of esters is 1. The van der Waals surface area contributed by atoms with E-state index >= 15 is 0 Å². The second-order valence-corrected chi connectivity index (χ2v) is 6.93. The summed E-state index contributed by atoms with van der Waals surface area (Å²) in [5.41, 5.74) is 1.75. The number of imidazole rings is 1. The van der Waals surface area contributed by atoms with Gasteiger partial charge in [-0.2, -0.15) is 0 Å². The number of nitrogens with zero attached hydrogens (tertiary/aromatic N) is 3. The molecule has 1 unspecified atom stereocenters. The van der Waals surface area contributed by atoms with E-state index in [0.717, 1.165) is 9.99 Å². The van der Waals surface area contributed by atoms with Gasteiger partial charge in [0.1, 0.15) is 17.3 Å². The number of aromatic nitrogens is 4. The van der Waals surface area contributed by atoms with Crippen LogP contribution in [0.5, 0.6) is 11.5 Å². The van der Waals surface area contributed by atoms with E-state index in [-0.39, 0.29) is 0 Å². The maximum absolute atomic E-state index is 12.4. The van der Waals surface area contributed by atoms with Crippen molar-refractivity contribution in [3.63, 3.8) is 0 Å². The number of hydrogen-bond donors (Lipinski definition) is 1. The molecule has 0 radical (unpaired) electrons. The molecule has 0 aliphatic heterocycles. The SMILES string of the molecule is CC(OC(=O)c1ccc(Oc2cccnc2)cc1)c1nc2ncc(Br)cc2[nH]1. The molecule has 8 heteroatoms. The van der Waals surface area contributed by atoms with Crippen LogP contribution in [0.15, 0.2) is 65.5 Å². The maximum atomic E-state index is 12.4. The highest BCUT2D eigenvalue weighted by atomic mass is 79.9. The van der Waals surface area contributed by atoms with E-state index in [9.17, 15) is 4.79 Å². The first kappa shape index (κ1) is 18.1. The molecule has 28 heavy (non-hydrogen) atoms. The smallest absolute Gasteiger partial charge is 0.338 e. The molecule has 1 atom stereocenters. The van der Waals surface area contributed by atoms with E-state index in [2.05, 4.69) is 35.9 Å². The Hall–Kier alpha value is -3.26. The second-order valence-electron chi connectivity index (χ2n) is 6.01. The van der Waals surface area contributed by atoms with E-state index in [1.54, 1.807) is 61.9 Å². The van der Waals surface area contributed by atoms with E-state index in [0.29, 0.717) is 28.5 Å². The number of halogens is 1. The van der Waals surface area contributed by atoms with Crippen LogP contribution in [0.3, 0.4) is 0 Å². The number of benzene rings is 1. The molecule has 140 valence electrons. The van der Waals surface area contributed by atoms with E-state index < -0.39 is 12.1 Å². The molecule has 7 nitrogen and oxygen atoms in total. The molecule has 3 aromatic heterocycles. The zero-order valence-electron chi connectivity index (χ0n) is 14.8. The van der Waals surface area contributed by atoms with Crippen LogP contribution in [0.25, 0.3) is 11.2 Å². The summed E-state index contributed by atoms with van der Waals surface area (Å²) < 4.78 is 12.0. The minimum Gasteiger partial charge on any atom is -0.456 e. The van der Waals surface area contributed by atoms with Crippen molar-refractivity contribution in [1.29, 1.82) is 0 Å². The first-order valence-electron chi connectivity index (χ1n) is 8.48. The minimum absolute atomic E-state index is 0.419. The second kappa shape index (κ2) is 7.77. The summed E-state index contributed by atoms with van der Waals surface area (Å²) in [6, 6.07) is 12.2. The average molecular weight is 439 g/mol. The van der Waals surface area contributed by atoms with Gasteiger partial charge in [0.15, 0.2) is 11.8 Å². The highest BCUT2D eigenvalue weighted by Crippen LogP contribution is 2.23. The van der Waals surface area contributed by atoms with E-state index in [4.69, 9.17) is 9.47 Å². The Morgan fingerprint density at radius 1 is 1.14 bits per heavy atom. The molecule has 1 aromatic carbocycles. The van der Waals surface area contributed by atoms with Crippen LogP contribution in [0.1, 0.15) is 29.2 Å². The molecule has 0 saturated heterocycles. The molecule has 0 bridgehead atoms. The largest absolute Gasteiger partial charge is 0.456 e. The third kappa shape index (κ3) is 4.01. The lowest BCUT2D eigenvalue weighted by Crippen LogP contribution is -2.10. The minimum atomic E-state index is -0.549. The summed E-state index contributed by atoms with van der Waals surface area (Å²) in [7, 11) is 0. The molecule has 0 saturated carbocycles. The van der Waals surface area contributed by atoms with Crippen molar-refractivity contribution < 1.29 is 14.3 Å². The number of ether oxygens (including phenoxy) is 2. The van der Waals surface area contributed by atoms with Crippen LogP contribution < -0.4 is 4.74 Å². The zero-order valence-corrected chi connectivity index (χ0v) is 16.4. The van der Waals surface area contributed by atoms with Gasteiger partial charge in [-0.3, -0.25) is 4.98 Å². The molecular formula is C20H15BrN4O3. The average Bonchev–Trinajstić information content (AvgIpc) is 3.12. The number of carbonyl (C=O) groups is 1. The quantitative estimate of drug-likeness (QED) is 0.449. The number of hydrogen-bond acceptors (Lipinski definition) is 6. The monoisotopic (exact) mass is 438 g/mol. The summed E-state index contributed by atoms with van der Waals surface area (Å²) in [6.07, 6.45) is 4.40. The molecule has 0 spiro atoms. The third-order valence-electron chi connectivity index (χ3n) is 3.95. The Labute approximate surface area is 168 Å². The van der Waals surface area contributed by atoms with Gasteiger partial charge < -0.3 is 14.5 Å². The fraction of sp³-hybridized carbons (Fsp3) is 0.100. The standard InChI is InChI=1S/C20H15BrN4O3/c1-12(18-24-17-9-14(21)10-23-19(17)25-18)27-20(26)13-4-6-15(7-5-13)28-16-3-2-8-22-11-16/h2-12H,1H3,(H,23,24,25). The summed E-state index contributed by atoms with van der Waals surface area (Å²) in [4.78, 5) is 28.1. The Kier molecular flexibility index (Phi) is 5.03. The lowest BCUT2D eigenvalue weighted by Gasteiger charge is -2.11. The predicted octanol–water partition coefficient (Wildman–Crippen LogP) is 4.83. The number of H-pyrrole nitrogens is 1. The molecule has 0 aliphatic carbocycles. The predicted molar refractivity (Wildman–Crippen MR) is 106 cm³/mol. The Morgan fingerprint density at radius 2 is 1.96 bits per heavy atom. The van der Waals surface area contributed by atoms with Gasteiger partial charge in [0.2, 0.25) is 0 Å². The molecule has 1 N–H and O–H groups in total. The van der Waals surface area contributed by atoms with Crippen LogP contribution in [0.2, 0.25) is 0 Å². The van der Waals surface area contributed by atoms with Crippen molar-refractivity contribution in [3.8, 4) is 11.5 Å². The Morgan fingerprint density at radius 3 is 2.71 bits per heavy atom. The van der Waals surface area contributed by atoms with Gasteiger partial charge >= 0.3 is 5.97 Å². The van der Waals surface area contributed by atoms with Crippen molar-refractivity contribution in [1.82, 2.24) is 19.9 Å². The van der Waals surface area contributed by atoms with Crippen molar-refractivity contribution in [3.05, 3.63) is 76.9 Å². The van der Waals surface area contributed by atoms with E-state index in [1.165, 1.54) is 0 Å². The molecular weight excluding hydrogens is 424 g/mol. The number of nitrogens with one attached hydrogen (secondary N) is 1. The van der Waals surface area contributed by atoms with Crippen LogP contribution in [0.4, 0.5) is 0 Å². The van der Waals surface area contributed by atoms with Gasteiger partial charge in [0.05, 0.1) is 17.3 Å². The summed E-state index contributed by atoms with van der Waals surface area (Å²) >= 11 is 3.37. The highest BCUT2D eigenvalue weighted by Gasteiger charge is 2.17. The first-order valence-corrected chi connectivity index (χ1v) is 9.28. The molecule has 3 heterocycles. The summed E-state index contributed by atoms with van der Waals surface area (Å²) in [5.74, 6) is 1.31. The normalized spacial score (nSPS) is 11.9. The van der Waals surface area contributed by atoms with E-state index in [1.807, 2.05) is 6.07 Å². The lowest BCUT2D eigenvalue weighted by atomic mass is 10.2. The van der Waals surface area contributed by atoms with Gasteiger partial charge in [-0.25, -0.2) is 14.8 Å². The fourth-order valence-corrected chi connectivity index (χ4v) is 2.90. The summed E-state index contributed by atoms with van der Waals surface area (Å²) in [6.45, 7) is 1.75. The lowest BCUT2D eigenvalue weighted by molar-refractivity contribution is 0.0322. The van der Waals surface area contributed by atoms with Crippen LogP contribution in [0, 0.1) is 0 Å². The first-order chi connectivity index (χ1) is 13.6. The number of carbonyl (C=O) groups excluding carboxylic acids is 1. The van der Waals surface area contributed by atoms with Crippen LogP contribution in [-0.2, 0) is 4.74 Å².